The van der Waals surface area contributed by atoms with Crippen LogP contribution in [0.2, 0.25) is 0 Å². The van der Waals surface area contributed by atoms with Crippen molar-refractivity contribution in [2.75, 3.05) is 38.6 Å². The number of morpholine rings is 1. The zero-order valence-electron chi connectivity index (χ0n) is 22.2. The first-order valence-corrected chi connectivity index (χ1v) is 13.4. The maximum atomic E-state index is 13.2. The van der Waals surface area contributed by atoms with Gasteiger partial charge in [0.2, 0.25) is 17.5 Å². The molecule has 1 unspecified atom stereocenters. The Bertz CT molecular complexity index is 1330. The molecule has 0 spiro atoms. The maximum Gasteiger partial charge on any atom is 0.277 e. The summed E-state index contributed by atoms with van der Waals surface area (Å²) in [4.78, 5) is 57.6. The van der Waals surface area contributed by atoms with Gasteiger partial charge in [-0.25, -0.2) is 4.98 Å². The highest BCUT2D eigenvalue weighted by Crippen LogP contribution is 2.26. The van der Waals surface area contributed by atoms with E-state index in [0.717, 1.165) is 18.4 Å². The van der Waals surface area contributed by atoms with E-state index in [1.165, 1.54) is 6.20 Å². The molecule has 1 fully saturated rings. The summed E-state index contributed by atoms with van der Waals surface area (Å²) in [5.74, 6) is -0.933. The SMILES string of the molecule is CCCCC(CCC(=O)NCC1=CC=C(N2CCOCC2)C(=O)C1=O)n1c(-c2ccccc2)ncc(N)c1=O. The highest BCUT2D eigenvalue weighted by Gasteiger charge is 2.30. The third kappa shape index (κ3) is 6.69. The number of benzene rings is 1. The summed E-state index contributed by atoms with van der Waals surface area (Å²) >= 11 is 0. The van der Waals surface area contributed by atoms with Crippen LogP contribution in [0.25, 0.3) is 11.4 Å². The molecule has 206 valence electrons. The number of hydrogen-bond donors (Lipinski definition) is 2. The minimum Gasteiger partial charge on any atom is -0.393 e. The number of Topliss-reactive ketones (excluding diaryl/α,β-unsaturated/α-hetero) is 2. The zero-order valence-corrected chi connectivity index (χ0v) is 22.2. The number of hydrogen-bond acceptors (Lipinski definition) is 8. The lowest BCUT2D eigenvalue weighted by Gasteiger charge is -2.31. The lowest BCUT2D eigenvalue weighted by molar-refractivity contribution is -0.133. The van der Waals surface area contributed by atoms with Crippen molar-refractivity contribution in [2.24, 2.45) is 0 Å². The summed E-state index contributed by atoms with van der Waals surface area (Å²) in [6, 6.07) is 9.12. The first kappa shape index (κ1) is 28.0. The number of aromatic nitrogens is 2. The van der Waals surface area contributed by atoms with Crippen LogP contribution in [-0.2, 0) is 19.1 Å². The third-order valence-corrected chi connectivity index (χ3v) is 7.01. The van der Waals surface area contributed by atoms with Gasteiger partial charge >= 0.3 is 0 Å². The number of nitrogens with zero attached hydrogens (tertiary/aromatic N) is 3. The van der Waals surface area contributed by atoms with E-state index < -0.39 is 11.6 Å². The first-order chi connectivity index (χ1) is 18.9. The second-order valence-corrected chi connectivity index (χ2v) is 9.69. The molecule has 1 aliphatic heterocycles. The average Bonchev–Trinajstić information content (AvgIpc) is 2.96. The Labute approximate surface area is 227 Å². The summed E-state index contributed by atoms with van der Waals surface area (Å²) in [6.45, 7) is 4.16. The molecule has 4 rings (SSSR count). The smallest absolute Gasteiger partial charge is 0.277 e. The van der Waals surface area contributed by atoms with E-state index in [1.807, 2.05) is 35.2 Å². The molecule has 10 nitrogen and oxygen atoms in total. The molecule has 1 atom stereocenters. The monoisotopic (exact) mass is 533 g/mol. The molecule has 0 bridgehead atoms. The molecule has 1 aromatic heterocycles. The molecule has 1 aliphatic carbocycles. The number of nitrogens with two attached hydrogens (primary N) is 1. The van der Waals surface area contributed by atoms with Gasteiger partial charge in [-0.15, -0.1) is 0 Å². The van der Waals surface area contributed by atoms with Crippen LogP contribution in [0.3, 0.4) is 0 Å². The van der Waals surface area contributed by atoms with E-state index in [2.05, 4.69) is 17.2 Å². The van der Waals surface area contributed by atoms with Crippen molar-refractivity contribution in [3.8, 4) is 11.4 Å². The fraction of sp³-hybridized carbons (Fsp3) is 0.414. The largest absolute Gasteiger partial charge is 0.393 e. The van der Waals surface area contributed by atoms with Crippen LogP contribution in [0, 0.1) is 0 Å². The molecule has 1 amide bonds. The predicted molar refractivity (Wildman–Crippen MR) is 148 cm³/mol. The summed E-state index contributed by atoms with van der Waals surface area (Å²) in [5.41, 5.74) is 7.07. The quantitative estimate of drug-likeness (QED) is 0.332. The fourth-order valence-electron chi connectivity index (χ4n) is 4.83. The van der Waals surface area contributed by atoms with Gasteiger partial charge in [0.05, 0.1) is 25.1 Å². The van der Waals surface area contributed by atoms with Gasteiger partial charge in [-0.05, 0) is 18.9 Å². The van der Waals surface area contributed by atoms with Crippen LogP contribution in [0.1, 0.15) is 45.1 Å². The standard InChI is InChI=1S/C29H35N5O5/c1-2-3-9-22(34-28(20-7-5-4-6-8-20)32-19-23(30)29(34)38)11-13-25(35)31-18-21-10-12-24(27(37)26(21)36)33-14-16-39-17-15-33/h4-8,10,12,19,22H,2-3,9,11,13-18,30H2,1H3,(H,31,35). The number of anilines is 1. The Morgan fingerprint density at radius 2 is 1.82 bits per heavy atom. The molecule has 0 saturated carbocycles. The molecule has 1 saturated heterocycles. The number of nitrogens with one attached hydrogen (secondary N) is 1. The minimum atomic E-state index is -0.606. The lowest BCUT2D eigenvalue weighted by Crippen LogP contribution is -2.41. The first-order valence-electron chi connectivity index (χ1n) is 13.4. The van der Waals surface area contributed by atoms with Gasteiger partial charge in [0.15, 0.2) is 0 Å². The summed E-state index contributed by atoms with van der Waals surface area (Å²) in [5, 5.41) is 2.76. The van der Waals surface area contributed by atoms with Gasteiger partial charge in [-0.1, -0.05) is 56.2 Å². The highest BCUT2D eigenvalue weighted by atomic mass is 16.5. The molecule has 3 N–H and O–H groups in total. The molecular formula is C29H35N5O5. The zero-order chi connectivity index (χ0) is 27.8. The van der Waals surface area contributed by atoms with Crippen LogP contribution in [0.4, 0.5) is 5.69 Å². The van der Waals surface area contributed by atoms with Gasteiger partial charge in [-0.3, -0.25) is 23.7 Å². The average molecular weight is 534 g/mol. The van der Waals surface area contributed by atoms with Crippen molar-refractivity contribution < 1.29 is 19.1 Å². The van der Waals surface area contributed by atoms with E-state index in [4.69, 9.17) is 10.5 Å². The molecule has 39 heavy (non-hydrogen) atoms. The number of carbonyl (C=O) groups excluding carboxylic acids is 3. The second-order valence-electron chi connectivity index (χ2n) is 9.69. The highest BCUT2D eigenvalue weighted by molar-refractivity contribution is 6.49. The number of carbonyl (C=O) groups is 3. The number of nitrogen functional groups attached to an aromatic ring is 1. The van der Waals surface area contributed by atoms with Crippen LogP contribution in [-0.4, -0.2) is 64.8 Å². The topological polar surface area (TPSA) is 137 Å². The Balaban J connectivity index is 1.44. The van der Waals surface area contributed by atoms with Crippen molar-refractivity contribution in [2.45, 2.75) is 45.1 Å². The number of allylic oxidation sites excluding steroid dienone is 3. The Morgan fingerprint density at radius 3 is 2.54 bits per heavy atom. The number of ketones is 2. The molecule has 0 radical (unpaired) electrons. The van der Waals surface area contributed by atoms with E-state index in [1.54, 1.807) is 16.7 Å². The van der Waals surface area contributed by atoms with Crippen molar-refractivity contribution in [1.82, 2.24) is 19.8 Å². The molecule has 2 heterocycles. The maximum absolute atomic E-state index is 13.2. The second kappa shape index (κ2) is 13.1. The predicted octanol–water partition coefficient (Wildman–Crippen LogP) is 2.41. The Hall–Kier alpha value is -4.05. The van der Waals surface area contributed by atoms with Crippen molar-refractivity contribution in [3.05, 3.63) is 70.3 Å². The van der Waals surface area contributed by atoms with Crippen molar-refractivity contribution >= 4 is 23.2 Å². The summed E-state index contributed by atoms with van der Waals surface area (Å²) < 4.78 is 6.92. The van der Waals surface area contributed by atoms with Gasteiger partial charge in [0.25, 0.3) is 5.56 Å². The van der Waals surface area contributed by atoms with Gasteiger partial charge < -0.3 is 20.7 Å². The van der Waals surface area contributed by atoms with E-state index in [-0.39, 0.29) is 41.7 Å². The van der Waals surface area contributed by atoms with Crippen LogP contribution in [0.15, 0.2) is 64.7 Å². The number of amides is 1. The molecule has 2 aliphatic rings. The number of ether oxygens (including phenoxy) is 1. The van der Waals surface area contributed by atoms with Crippen molar-refractivity contribution in [1.29, 1.82) is 0 Å². The molecular weight excluding hydrogens is 498 g/mol. The molecule has 1 aromatic carbocycles. The minimum absolute atomic E-state index is 0.0367. The third-order valence-electron chi connectivity index (χ3n) is 7.01. The summed E-state index contributed by atoms with van der Waals surface area (Å²) in [6.07, 6.45) is 7.62. The Morgan fingerprint density at radius 1 is 1.08 bits per heavy atom. The lowest BCUT2D eigenvalue weighted by atomic mass is 9.98. The molecule has 2 aromatic rings. The van der Waals surface area contributed by atoms with E-state index >= 15 is 0 Å². The Kier molecular flexibility index (Phi) is 9.43. The number of rotatable bonds is 11. The fourth-order valence-corrected chi connectivity index (χ4v) is 4.83. The van der Waals surface area contributed by atoms with Gasteiger partial charge in [-0.2, -0.15) is 0 Å². The van der Waals surface area contributed by atoms with Crippen LogP contribution in [0.5, 0.6) is 0 Å². The van der Waals surface area contributed by atoms with E-state index in [0.29, 0.717) is 50.7 Å². The van der Waals surface area contributed by atoms with Crippen molar-refractivity contribution in [3.63, 3.8) is 0 Å². The molecule has 10 heteroatoms. The van der Waals surface area contributed by atoms with Gasteiger partial charge in [0, 0.05) is 43.2 Å². The van der Waals surface area contributed by atoms with Gasteiger partial charge in [0.1, 0.15) is 11.5 Å². The normalized spacial score (nSPS) is 16.5. The van der Waals surface area contributed by atoms with Crippen LogP contribution >= 0.6 is 0 Å². The van der Waals surface area contributed by atoms with E-state index in [9.17, 15) is 19.2 Å². The van der Waals surface area contributed by atoms with Crippen LogP contribution < -0.4 is 16.6 Å². The summed E-state index contributed by atoms with van der Waals surface area (Å²) in [7, 11) is 0. The number of unbranched alkanes of at least 4 members (excludes halogenated alkanes) is 1.